The average molecular weight is 481 g/mol. The zero-order valence-corrected chi connectivity index (χ0v) is 19.9. The standard InChI is InChI=1S/C28H24N4O4/c1-31-24-20-13-6-7-14-21(20)32(17-22(33)18-10-4-3-5-11-18)28(35)23(24)26(36-2)25(31)27(34)30-16-19-12-8-9-15-29-19/h3-15H,16-17H2,1-2H3,(H,30,34). The van der Waals surface area contributed by atoms with Crippen molar-refractivity contribution in [3.05, 3.63) is 106 Å². The van der Waals surface area contributed by atoms with Crippen LogP contribution in [0.25, 0.3) is 21.8 Å². The van der Waals surface area contributed by atoms with Crippen molar-refractivity contribution in [3.8, 4) is 5.75 Å². The molecule has 5 rings (SSSR count). The summed E-state index contributed by atoms with van der Waals surface area (Å²) < 4.78 is 8.76. The number of benzene rings is 2. The van der Waals surface area contributed by atoms with Gasteiger partial charge in [0.05, 0.1) is 36.9 Å². The van der Waals surface area contributed by atoms with Crippen LogP contribution in [0.5, 0.6) is 5.75 Å². The molecule has 0 aliphatic rings. The van der Waals surface area contributed by atoms with Crippen molar-refractivity contribution >= 4 is 33.5 Å². The Morgan fingerprint density at radius 3 is 2.42 bits per heavy atom. The highest BCUT2D eigenvalue weighted by Gasteiger charge is 2.27. The van der Waals surface area contributed by atoms with E-state index in [2.05, 4.69) is 10.3 Å². The third-order valence-corrected chi connectivity index (χ3v) is 6.23. The number of ketones is 1. The molecular formula is C28H24N4O4. The van der Waals surface area contributed by atoms with Gasteiger partial charge in [-0.05, 0) is 18.2 Å². The molecule has 3 heterocycles. The van der Waals surface area contributed by atoms with E-state index in [1.54, 1.807) is 54.2 Å². The molecule has 0 saturated carbocycles. The van der Waals surface area contributed by atoms with Gasteiger partial charge in [-0.25, -0.2) is 0 Å². The maximum Gasteiger partial charge on any atom is 0.272 e. The van der Waals surface area contributed by atoms with Gasteiger partial charge < -0.3 is 14.6 Å². The molecule has 0 saturated heterocycles. The van der Waals surface area contributed by atoms with Crippen LogP contribution >= 0.6 is 0 Å². The number of carbonyl (C=O) groups excluding carboxylic acids is 2. The zero-order chi connectivity index (χ0) is 25.2. The zero-order valence-electron chi connectivity index (χ0n) is 19.9. The van der Waals surface area contributed by atoms with Crippen LogP contribution in [0.15, 0.2) is 83.8 Å². The van der Waals surface area contributed by atoms with E-state index in [9.17, 15) is 14.4 Å². The Hall–Kier alpha value is -4.72. The van der Waals surface area contributed by atoms with Crippen molar-refractivity contribution in [1.29, 1.82) is 0 Å². The van der Waals surface area contributed by atoms with Gasteiger partial charge in [-0.2, -0.15) is 0 Å². The van der Waals surface area contributed by atoms with Crippen LogP contribution in [0.3, 0.4) is 0 Å². The largest absolute Gasteiger partial charge is 0.493 e. The molecule has 0 spiro atoms. The van der Waals surface area contributed by atoms with Crippen LogP contribution in [0.1, 0.15) is 26.5 Å². The number of fused-ring (bicyclic) bond motifs is 3. The lowest BCUT2D eigenvalue weighted by molar-refractivity contribution is 0.0937. The second-order valence-corrected chi connectivity index (χ2v) is 8.37. The van der Waals surface area contributed by atoms with Gasteiger partial charge in [-0.1, -0.05) is 54.6 Å². The fourth-order valence-corrected chi connectivity index (χ4v) is 4.55. The summed E-state index contributed by atoms with van der Waals surface area (Å²) in [5, 5.41) is 3.85. The molecule has 1 N–H and O–H groups in total. The van der Waals surface area contributed by atoms with E-state index in [1.165, 1.54) is 11.7 Å². The molecule has 2 aromatic carbocycles. The van der Waals surface area contributed by atoms with Crippen LogP contribution in [0, 0.1) is 0 Å². The lowest BCUT2D eigenvalue weighted by Gasteiger charge is -2.12. The molecule has 0 atom stereocenters. The van der Waals surface area contributed by atoms with Crippen molar-refractivity contribution in [2.75, 3.05) is 7.11 Å². The molecule has 3 aromatic heterocycles. The van der Waals surface area contributed by atoms with Crippen molar-refractivity contribution < 1.29 is 14.3 Å². The summed E-state index contributed by atoms with van der Waals surface area (Å²) in [6.45, 7) is 0.0828. The second-order valence-electron chi connectivity index (χ2n) is 8.37. The fraction of sp³-hybridized carbons (Fsp3) is 0.143. The highest BCUT2D eigenvalue weighted by Crippen LogP contribution is 2.34. The summed E-state index contributed by atoms with van der Waals surface area (Å²) in [5.41, 5.74) is 2.21. The first-order valence-corrected chi connectivity index (χ1v) is 11.5. The van der Waals surface area contributed by atoms with E-state index in [4.69, 9.17) is 4.74 Å². The monoisotopic (exact) mass is 480 g/mol. The maximum absolute atomic E-state index is 13.8. The minimum absolute atomic E-state index is 0.140. The maximum atomic E-state index is 13.8. The molecule has 8 heteroatoms. The number of nitrogens with one attached hydrogen (secondary N) is 1. The summed E-state index contributed by atoms with van der Waals surface area (Å²) in [6.07, 6.45) is 1.66. The number of ether oxygens (including phenoxy) is 1. The van der Waals surface area contributed by atoms with Crippen LogP contribution in [-0.2, 0) is 20.1 Å². The number of aryl methyl sites for hydroxylation is 1. The Morgan fingerprint density at radius 2 is 1.69 bits per heavy atom. The molecule has 0 aliphatic carbocycles. The lowest BCUT2D eigenvalue weighted by atomic mass is 10.1. The Bertz CT molecular complexity index is 1650. The van der Waals surface area contributed by atoms with E-state index in [1.807, 2.05) is 36.4 Å². The smallest absolute Gasteiger partial charge is 0.272 e. The number of nitrogens with zero attached hydrogens (tertiary/aromatic N) is 3. The highest BCUT2D eigenvalue weighted by atomic mass is 16.5. The molecule has 36 heavy (non-hydrogen) atoms. The number of rotatable bonds is 7. The molecule has 0 bridgehead atoms. The normalized spacial score (nSPS) is 11.1. The Morgan fingerprint density at radius 1 is 0.972 bits per heavy atom. The first kappa shape index (κ1) is 23.0. The topological polar surface area (TPSA) is 95.2 Å². The predicted octanol–water partition coefficient (Wildman–Crippen LogP) is 3.71. The molecule has 1 amide bonds. The summed E-state index contributed by atoms with van der Waals surface area (Å²) >= 11 is 0. The first-order valence-electron chi connectivity index (χ1n) is 11.5. The van der Waals surface area contributed by atoms with E-state index in [0.717, 1.165) is 5.39 Å². The van der Waals surface area contributed by atoms with Crippen molar-refractivity contribution in [2.24, 2.45) is 7.05 Å². The van der Waals surface area contributed by atoms with Gasteiger partial charge in [0.1, 0.15) is 5.39 Å². The van der Waals surface area contributed by atoms with Crippen LogP contribution in [0.4, 0.5) is 0 Å². The number of hydrogen-bond donors (Lipinski definition) is 1. The predicted molar refractivity (Wildman–Crippen MR) is 137 cm³/mol. The SMILES string of the molecule is COc1c(C(=O)NCc2ccccn2)n(C)c2c1c(=O)n(CC(=O)c1ccccc1)c1ccccc21. The molecule has 0 fully saturated rings. The molecule has 8 nitrogen and oxygen atoms in total. The van der Waals surface area contributed by atoms with Gasteiger partial charge in [0, 0.05) is 24.2 Å². The summed E-state index contributed by atoms with van der Waals surface area (Å²) in [5.74, 6) is -0.417. The van der Waals surface area contributed by atoms with Gasteiger partial charge in [0.25, 0.3) is 11.5 Å². The molecule has 0 radical (unpaired) electrons. The van der Waals surface area contributed by atoms with Crippen molar-refractivity contribution in [2.45, 2.75) is 13.1 Å². The number of Topliss-reactive ketones (excluding diaryl/α,β-unsaturated/α-hetero) is 1. The third kappa shape index (κ3) is 3.92. The second kappa shape index (κ2) is 9.50. The summed E-state index contributed by atoms with van der Waals surface area (Å²) in [4.78, 5) is 44.4. The Labute approximate surface area is 206 Å². The third-order valence-electron chi connectivity index (χ3n) is 6.23. The quantitative estimate of drug-likeness (QED) is 0.359. The summed E-state index contributed by atoms with van der Waals surface area (Å²) in [6, 6.07) is 21.7. The van der Waals surface area contributed by atoms with E-state index in [0.29, 0.717) is 22.3 Å². The lowest BCUT2D eigenvalue weighted by Crippen LogP contribution is -2.25. The number of hydrogen-bond acceptors (Lipinski definition) is 5. The number of para-hydroxylation sites is 1. The molecule has 5 aromatic rings. The number of aromatic nitrogens is 3. The Kier molecular flexibility index (Phi) is 6.08. The number of carbonyl (C=O) groups is 2. The molecular weight excluding hydrogens is 456 g/mol. The van der Waals surface area contributed by atoms with E-state index >= 15 is 0 Å². The first-order chi connectivity index (χ1) is 17.5. The number of amides is 1. The van der Waals surface area contributed by atoms with E-state index in [-0.39, 0.29) is 35.7 Å². The fourth-order valence-electron chi connectivity index (χ4n) is 4.55. The van der Waals surface area contributed by atoms with Gasteiger partial charge in [-0.3, -0.25) is 23.9 Å². The molecule has 0 unspecified atom stereocenters. The van der Waals surface area contributed by atoms with Crippen molar-refractivity contribution in [3.63, 3.8) is 0 Å². The van der Waals surface area contributed by atoms with E-state index < -0.39 is 11.5 Å². The van der Waals surface area contributed by atoms with Crippen LogP contribution in [-0.4, -0.2) is 32.9 Å². The van der Waals surface area contributed by atoms with Gasteiger partial charge >= 0.3 is 0 Å². The Balaban J connectivity index is 1.66. The minimum Gasteiger partial charge on any atom is -0.493 e. The average Bonchev–Trinajstić information content (AvgIpc) is 3.23. The highest BCUT2D eigenvalue weighted by molar-refractivity contribution is 6.12. The molecule has 0 aliphatic heterocycles. The number of pyridine rings is 2. The van der Waals surface area contributed by atoms with Crippen LogP contribution in [0.2, 0.25) is 0 Å². The van der Waals surface area contributed by atoms with Crippen LogP contribution < -0.4 is 15.6 Å². The summed E-state index contributed by atoms with van der Waals surface area (Å²) in [7, 11) is 3.16. The number of methoxy groups -OCH3 is 1. The van der Waals surface area contributed by atoms with Gasteiger partial charge in [-0.15, -0.1) is 0 Å². The van der Waals surface area contributed by atoms with Gasteiger partial charge in [0.2, 0.25) is 0 Å². The molecule has 180 valence electrons. The van der Waals surface area contributed by atoms with Gasteiger partial charge in [0.15, 0.2) is 17.2 Å². The minimum atomic E-state index is -0.399. The van der Waals surface area contributed by atoms with Crippen molar-refractivity contribution in [1.82, 2.24) is 19.4 Å².